The Morgan fingerprint density at radius 2 is 2.30 bits per heavy atom. The van der Waals surface area contributed by atoms with Gasteiger partial charge in [0.15, 0.2) is 0 Å². The lowest BCUT2D eigenvalue weighted by atomic mass is 10.2. The first kappa shape index (κ1) is 13.4. The zero-order valence-corrected chi connectivity index (χ0v) is 12.8. The maximum Gasteiger partial charge on any atom is 0.339 e. The van der Waals surface area contributed by atoms with E-state index in [1.54, 1.807) is 18.3 Å². The van der Waals surface area contributed by atoms with Gasteiger partial charge in [0, 0.05) is 9.61 Å². The number of imidazole rings is 1. The number of hydrogen-bond donors (Lipinski definition) is 1. The Bertz CT molecular complexity index is 650. The minimum atomic E-state index is -0.978. The molecule has 1 aromatic heterocycles. The van der Waals surface area contributed by atoms with Crippen molar-refractivity contribution in [2.24, 2.45) is 0 Å². The predicted molar refractivity (Wildman–Crippen MR) is 80.9 cm³/mol. The topological polar surface area (TPSA) is 64.3 Å². The summed E-state index contributed by atoms with van der Waals surface area (Å²) in [5, 5.41) is 9.20. The largest absolute Gasteiger partial charge is 0.486 e. The Balaban J connectivity index is 1.78. The third kappa shape index (κ3) is 2.79. The Labute approximate surface area is 129 Å². The zero-order chi connectivity index (χ0) is 14.1. The number of aromatic nitrogens is 2. The van der Waals surface area contributed by atoms with Crippen LogP contribution in [0.15, 0.2) is 30.7 Å². The van der Waals surface area contributed by atoms with Gasteiger partial charge in [-0.2, -0.15) is 0 Å². The van der Waals surface area contributed by atoms with Crippen LogP contribution in [0.1, 0.15) is 34.9 Å². The van der Waals surface area contributed by atoms with Crippen LogP contribution >= 0.6 is 22.6 Å². The SMILES string of the molecule is O=C(O)c1cc(I)ccc1OCc1cncn1C1CC1. The van der Waals surface area contributed by atoms with Crippen molar-refractivity contribution in [3.8, 4) is 5.75 Å². The van der Waals surface area contributed by atoms with Gasteiger partial charge in [-0.05, 0) is 53.6 Å². The third-order valence-electron chi connectivity index (χ3n) is 3.23. The number of aromatic carboxylic acids is 1. The number of hydrogen-bond acceptors (Lipinski definition) is 3. The lowest BCUT2D eigenvalue weighted by molar-refractivity contribution is 0.0691. The fraction of sp³-hybridized carbons (Fsp3) is 0.286. The number of nitrogens with zero attached hydrogens (tertiary/aromatic N) is 2. The summed E-state index contributed by atoms with van der Waals surface area (Å²) < 4.78 is 8.65. The Morgan fingerprint density at radius 1 is 1.50 bits per heavy atom. The monoisotopic (exact) mass is 384 g/mol. The first-order valence-electron chi connectivity index (χ1n) is 6.31. The molecule has 0 atom stereocenters. The standard InChI is InChI=1S/C14H13IN2O3/c15-9-1-4-13(12(5-9)14(18)19)20-7-11-6-16-8-17(11)10-2-3-10/h1,4-6,8,10H,2-3,7H2,(H,18,19). The van der Waals surface area contributed by atoms with E-state index in [1.165, 1.54) is 12.8 Å². The maximum absolute atomic E-state index is 11.2. The van der Waals surface area contributed by atoms with Gasteiger partial charge < -0.3 is 14.4 Å². The second-order valence-corrected chi connectivity index (χ2v) is 6.00. The second kappa shape index (κ2) is 5.43. The van der Waals surface area contributed by atoms with Crippen molar-refractivity contribution in [2.75, 3.05) is 0 Å². The van der Waals surface area contributed by atoms with Crippen molar-refractivity contribution in [1.29, 1.82) is 0 Å². The van der Waals surface area contributed by atoms with Gasteiger partial charge in [0.1, 0.15) is 17.9 Å². The lowest BCUT2D eigenvalue weighted by Gasteiger charge is -2.11. The summed E-state index contributed by atoms with van der Waals surface area (Å²) in [6.07, 6.45) is 5.92. The van der Waals surface area contributed by atoms with Gasteiger partial charge in [-0.15, -0.1) is 0 Å². The summed E-state index contributed by atoms with van der Waals surface area (Å²) in [7, 11) is 0. The van der Waals surface area contributed by atoms with E-state index in [2.05, 4.69) is 32.1 Å². The molecule has 3 rings (SSSR count). The highest BCUT2D eigenvalue weighted by molar-refractivity contribution is 14.1. The number of carbonyl (C=O) groups is 1. The molecule has 1 aliphatic rings. The number of halogens is 1. The molecule has 0 spiro atoms. The van der Waals surface area contributed by atoms with Crippen LogP contribution in [0.3, 0.4) is 0 Å². The quantitative estimate of drug-likeness (QED) is 0.805. The van der Waals surface area contributed by atoms with E-state index in [1.807, 2.05) is 12.4 Å². The van der Waals surface area contributed by atoms with Crippen LogP contribution in [0.25, 0.3) is 0 Å². The molecule has 0 radical (unpaired) electrons. The molecule has 1 N–H and O–H groups in total. The number of carboxylic acids is 1. The first-order chi connectivity index (χ1) is 9.65. The Morgan fingerprint density at radius 3 is 3.00 bits per heavy atom. The summed E-state index contributed by atoms with van der Waals surface area (Å²) >= 11 is 2.08. The predicted octanol–water partition coefficient (Wildman–Crippen LogP) is 3.10. The van der Waals surface area contributed by atoms with E-state index in [0.717, 1.165) is 9.26 Å². The smallest absolute Gasteiger partial charge is 0.339 e. The van der Waals surface area contributed by atoms with Crippen molar-refractivity contribution in [1.82, 2.24) is 9.55 Å². The number of benzene rings is 1. The van der Waals surface area contributed by atoms with Gasteiger partial charge in [0.05, 0.1) is 18.2 Å². The van der Waals surface area contributed by atoms with Crippen LogP contribution in [-0.4, -0.2) is 20.6 Å². The van der Waals surface area contributed by atoms with E-state index < -0.39 is 5.97 Å². The zero-order valence-electron chi connectivity index (χ0n) is 10.6. The van der Waals surface area contributed by atoms with Gasteiger partial charge in [0.2, 0.25) is 0 Å². The van der Waals surface area contributed by atoms with E-state index in [4.69, 9.17) is 4.74 Å². The molecule has 20 heavy (non-hydrogen) atoms. The molecule has 1 aliphatic carbocycles. The molecule has 1 heterocycles. The molecule has 104 valence electrons. The second-order valence-electron chi connectivity index (χ2n) is 4.76. The fourth-order valence-corrected chi connectivity index (χ4v) is 2.56. The molecular formula is C14H13IN2O3. The highest BCUT2D eigenvalue weighted by atomic mass is 127. The minimum absolute atomic E-state index is 0.189. The Hall–Kier alpha value is -1.57. The summed E-state index contributed by atoms with van der Waals surface area (Å²) in [5.74, 6) is -0.587. The van der Waals surface area contributed by atoms with Crippen molar-refractivity contribution < 1.29 is 14.6 Å². The molecule has 5 nitrogen and oxygen atoms in total. The van der Waals surface area contributed by atoms with Crippen molar-refractivity contribution in [2.45, 2.75) is 25.5 Å². The van der Waals surface area contributed by atoms with Crippen molar-refractivity contribution in [3.05, 3.63) is 45.6 Å². The van der Waals surface area contributed by atoms with Gasteiger partial charge in [-0.1, -0.05) is 0 Å². The van der Waals surface area contributed by atoms with Crippen molar-refractivity contribution >= 4 is 28.6 Å². The molecule has 1 saturated carbocycles. The maximum atomic E-state index is 11.2. The summed E-state index contributed by atoms with van der Waals surface area (Å²) in [6.45, 7) is 0.331. The summed E-state index contributed by atoms with van der Waals surface area (Å²) in [4.78, 5) is 15.4. The van der Waals surface area contributed by atoms with Crippen LogP contribution in [0.2, 0.25) is 0 Å². The molecule has 0 bridgehead atoms. The molecular weight excluding hydrogens is 371 g/mol. The van der Waals surface area contributed by atoms with Crippen LogP contribution in [0.4, 0.5) is 0 Å². The molecule has 0 aliphatic heterocycles. The first-order valence-corrected chi connectivity index (χ1v) is 7.39. The van der Waals surface area contributed by atoms with E-state index in [9.17, 15) is 9.90 Å². The Kier molecular flexibility index (Phi) is 3.64. The summed E-state index contributed by atoms with van der Waals surface area (Å²) in [6, 6.07) is 5.67. The van der Waals surface area contributed by atoms with E-state index in [0.29, 0.717) is 18.4 Å². The molecule has 0 amide bonds. The molecule has 0 saturated heterocycles. The number of ether oxygens (including phenoxy) is 1. The van der Waals surface area contributed by atoms with Gasteiger partial charge >= 0.3 is 5.97 Å². The van der Waals surface area contributed by atoms with Gasteiger partial charge in [-0.25, -0.2) is 9.78 Å². The van der Waals surface area contributed by atoms with E-state index in [-0.39, 0.29) is 5.56 Å². The van der Waals surface area contributed by atoms with Crippen LogP contribution in [-0.2, 0) is 6.61 Å². The van der Waals surface area contributed by atoms with Gasteiger partial charge in [-0.3, -0.25) is 0 Å². The lowest BCUT2D eigenvalue weighted by Crippen LogP contribution is -2.07. The normalized spacial score (nSPS) is 14.2. The average Bonchev–Trinajstić information content (AvgIpc) is 3.16. The minimum Gasteiger partial charge on any atom is -0.486 e. The van der Waals surface area contributed by atoms with Crippen LogP contribution < -0.4 is 4.74 Å². The van der Waals surface area contributed by atoms with E-state index >= 15 is 0 Å². The average molecular weight is 384 g/mol. The fourth-order valence-electron chi connectivity index (χ4n) is 2.07. The molecule has 0 unspecified atom stereocenters. The highest BCUT2D eigenvalue weighted by Gasteiger charge is 2.25. The highest BCUT2D eigenvalue weighted by Crippen LogP contribution is 2.35. The molecule has 1 fully saturated rings. The molecule has 1 aromatic carbocycles. The van der Waals surface area contributed by atoms with Gasteiger partial charge in [0.25, 0.3) is 0 Å². The van der Waals surface area contributed by atoms with Crippen molar-refractivity contribution in [3.63, 3.8) is 0 Å². The van der Waals surface area contributed by atoms with Crippen LogP contribution in [0, 0.1) is 3.57 Å². The molecule has 2 aromatic rings. The number of carboxylic acid groups (broad SMARTS) is 1. The number of rotatable bonds is 5. The summed E-state index contributed by atoms with van der Waals surface area (Å²) in [5.41, 5.74) is 1.16. The van der Waals surface area contributed by atoms with Crippen LogP contribution in [0.5, 0.6) is 5.75 Å². The third-order valence-corrected chi connectivity index (χ3v) is 3.91. The molecule has 6 heteroatoms.